The van der Waals surface area contributed by atoms with E-state index in [0.29, 0.717) is 5.56 Å². The van der Waals surface area contributed by atoms with Crippen molar-refractivity contribution in [1.29, 1.82) is 5.26 Å². The van der Waals surface area contributed by atoms with E-state index < -0.39 is 0 Å². The first kappa shape index (κ1) is 12.6. The van der Waals surface area contributed by atoms with Gasteiger partial charge in [-0.1, -0.05) is 12.1 Å². The summed E-state index contributed by atoms with van der Waals surface area (Å²) in [6, 6.07) is 16.1. The molecule has 0 bridgehead atoms. The van der Waals surface area contributed by atoms with Crippen LogP contribution in [0.4, 0.5) is 5.69 Å². The Bertz CT molecular complexity index is 641. The average molecular weight is 264 g/mol. The largest absolute Gasteiger partial charge is 0.493 e. The molecule has 2 aromatic carbocycles. The molecule has 0 spiro atoms. The Morgan fingerprint density at radius 1 is 1.15 bits per heavy atom. The first-order chi connectivity index (χ1) is 9.85. The van der Waals surface area contributed by atoms with Crippen molar-refractivity contribution >= 4 is 5.69 Å². The zero-order valence-corrected chi connectivity index (χ0v) is 11.2. The standard InChI is InChI=1S/C17H16N2O/c18-12-14-1-4-16(5-2-14)19-9-7-13-3-6-17-15(11-13)8-10-20-17/h1-6,11,19H,7-10H2. The molecular weight excluding hydrogens is 248 g/mol. The van der Waals surface area contributed by atoms with Gasteiger partial charge in [0.15, 0.2) is 0 Å². The van der Waals surface area contributed by atoms with Gasteiger partial charge in [0, 0.05) is 18.7 Å². The fraction of sp³-hybridized carbons (Fsp3) is 0.235. The molecule has 1 N–H and O–H groups in total. The molecule has 1 aliphatic heterocycles. The Labute approximate surface area is 118 Å². The summed E-state index contributed by atoms with van der Waals surface area (Å²) < 4.78 is 5.51. The third-order valence-electron chi connectivity index (χ3n) is 3.51. The van der Waals surface area contributed by atoms with Gasteiger partial charge in [-0.25, -0.2) is 0 Å². The van der Waals surface area contributed by atoms with Crippen LogP contribution >= 0.6 is 0 Å². The second-order valence-corrected chi connectivity index (χ2v) is 4.91. The summed E-state index contributed by atoms with van der Waals surface area (Å²) >= 11 is 0. The topological polar surface area (TPSA) is 45.0 Å². The molecule has 0 atom stereocenters. The van der Waals surface area contributed by atoms with E-state index in [4.69, 9.17) is 10.00 Å². The molecule has 0 radical (unpaired) electrons. The molecule has 1 heterocycles. The van der Waals surface area contributed by atoms with E-state index in [1.807, 2.05) is 24.3 Å². The maximum Gasteiger partial charge on any atom is 0.122 e. The lowest BCUT2D eigenvalue weighted by Crippen LogP contribution is -2.04. The summed E-state index contributed by atoms with van der Waals surface area (Å²) in [4.78, 5) is 0. The summed E-state index contributed by atoms with van der Waals surface area (Å²) in [6.45, 7) is 1.69. The highest BCUT2D eigenvalue weighted by Gasteiger charge is 2.11. The van der Waals surface area contributed by atoms with Crippen LogP contribution in [0, 0.1) is 11.3 Å². The molecule has 2 aromatic rings. The van der Waals surface area contributed by atoms with E-state index in [2.05, 4.69) is 29.6 Å². The Morgan fingerprint density at radius 2 is 2.00 bits per heavy atom. The number of anilines is 1. The van der Waals surface area contributed by atoms with Gasteiger partial charge in [0.05, 0.1) is 18.2 Å². The molecule has 0 saturated carbocycles. The van der Waals surface area contributed by atoms with Crippen LogP contribution in [0.25, 0.3) is 0 Å². The number of ether oxygens (including phenoxy) is 1. The lowest BCUT2D eigenvalue weighted by atomic mass is 10.1. The highest BCUT2D eigenvalue weighted by atomic mass is 16.5. The zero-order chi connectivity index (χ0) is 13.8. The number of benzene rings is 2. The van der Waals surface area contributed by atoms with Crippen molar-refractivity contribution in [2.24, 2.45) is 0 Å². The molecule has 0 aromatic heterocycles. The Hall–Kier alpha value is -2.47. The molecule has 0 aliphatic carbocycles. The van der Waals surface area contributed by atoms with E-state index in [1.54, 1.807) is 0 Å². The van der Waals surface area contributed by atoms with Crippen LogP contribution in [0.15, 0.2) is 42.5 Å². The summed E-state index contributed by atoms with van der Waals surface area (Å²) in [6.07, 6.45) is 2.00. The summed E-state index contributed by atoms with van der Waals surface area (Å²) in [5.41, 5.74) is 4.39. The van der Waals surface area contributed by atoms with Gasteiger partial charge < -0.3 is 10.1 Å². The molecule has 0 saturated heterocycles. The van der Waals surface area contributed by atoms with E-state index in [9.17, 15) is 0 Å². The van der Waals surface area contributed by atoms with Crippen LogP contribution in [-0.4, -0.2) is 13.2 Å². The van der Waals surface area contributed by atoms with Gasteiger partial charge in [-0.2, -0.15) is 5.26 Å². The van der Waals surface area contributed by atoms with Crippen molar-refractivity contribution in [2.75, 3.05) is 18.5 Å². The van der Waals surface area contributed by atoms with Crippen molar-refractivity contribution in [3.8, 4) is 11.8 Å². The van der Waals surface area contributed by atoms with Crippen LogP contribution in [0.3, 0.4) is 0 Å². The molecule has 3 rings (SSSR count). The van der Waals surface area contributed by atoms with E-state index in [0.717, 1.165) is 37.4 Å². The summed E-state index contributed by atoms with van der Waals surface area (Å²) in [5.74, 6) is 1.04. The zero-order valence-electron chi connectivity index (χ0n) is 11.2. The second-order valence-electron chi connectivity index (χ2n) is 4.91. The van der Waals surface area contributed by atoms with Gasteiger partial charge in [-0.3, -0.25) is 0 Å². The van der Waals surface area contributed by atoms with Gasteiger partial charge in [-0.05, 0) is 47.9 Å². The van der Waals surface area contributed by atoms with Gasteiger partial charge in [0.25, 0.3) is 0 Å². The van der Waals surface area contributed by atoms with E-state index in [1.165, 1.54) is 11.1 Å². The number of rotatable bonds is 4. The van der Waals surface area contributed by atoms with Crippen LogP contribution in [0.5, 0.6) is 5.75 Å². The van der Waals surface area contributed by atoms with Crippen LogP contribution < -0.4 is 10.1 Å². The number of nitrogens with zero attached hydrogens (tertiary/aromatic N) is 1. The highest BCUT2D eigenvalue weighted by molar-refractivity contribution is 5.47. The number of nitrogens with one attached hydrogen (secondary N) is 1. The van der Waals surface area contributed by atoms with Crippen molar-refractivity contribution < 1.29 is 4.74 Å². The molecule has 1 aliphatic rings. The van der Waals surface area contributed by atoms with E-state index >= 15 is 0 Å². The van der Waals surface area contributed by atoms with Crippen molar-refractivity contribution in [1.82, 2.24) is 0 Å². The molecule has 0 fully saturated rings. The smallest absolute Gasteiger partial charge is 0.122 e. The maximum atomic E-state index is 8.75. The monoisotopic (exact) mass is 264 g/mol. The first-order valence-electron chi connectivity index (χ1n) is 6.84. The molecule has 100 valence electrons. The summed E-state index contributed by atoms with van der Waals surface area (Å²) in [5, 5.41) is 12.1. The minimum absolute atomic E-state index is 0.689. The van der Waals surface area contributed by atoms with E-state index in [-0.39, 0.29) is 0 Å². The normalized spacial score (nSPS) is 12.3. The van der Waals surface area contributed by atoms with Crippen molar-refractivity contribution in [3.63, 3.8) is 0 Å². The van der Waals surface area contributed by atoms with Crippen LogP contribution in [0.1, 0.15) is 16.7 Å². The lowest BCUT2D eigenvalue weighted by Gasteiger charge is -2.07. The first-order valence-corrected chi connectivity index (χ1v) is 6.84. The number of fused-ring (bicyclic) bond motifs is 1. The number of hydrogen-bond donors (Lipinski definition) is 1. The molecular formula is C17H16N2O. The maximum absolute atomic E-state index is 8.75. The third kappa shape index (κ3) is 2.75. The Kier molecular flexibility index (Phi) is 3.56. The van der Waals surface area contributed by atoms with Crippen molar-refractivity contribution in [2.45, 2.75) is 12.8 Å². The van der Waals surface area contributed by atoms with Crippen LogP contribution in [-0.2, 0) is 12.8 Å². The van der Waals surface area contributed by atoms with Gasteiger partial charge >= 0.3 is 0 Å². The number of hydrogen-bond acceptors (Lipinski definition) is 3. The Balaban J connectivity index is 1.56. The number of nitriles is 1. The van der Waals surface area contributed by atoms with Gasteiger partial charge in [-0.15, -0.1) is 0 Å². The molecule has 20 heavy (non-hydrogen) atoms. The molecule has 3 nitrogen and oxygen atoms in total. The van der Waals surface area contributed by atoms with Gasteiger partial charge in [0.2, 0.25) is 0 Å². The van der Waals surface area contributed by atoms with Crippen LogP contribution in [0.2, 0.25) is 0 Å². The molecule has 0 amide bonds. The van der Waals surface area contributed by atoms with Gasteiger partial charge in [0.1, 0.15) is 5.75 Å². The molecule has 3 heteroatoms. The third-order valence-corrected chi connectivity index (χ3v) is 3.51. The predicted octanol–water partition coefficient (Wildman–Crippen LogP) is 3.15. The quantitative estimate of drug-likeness (QED) is 0.922. The molecule has 0 unspecified atom stereocenters. The minimum Gasteiger partial charge on any atom is -0.493 e. The summed E-state index contributed by atoms with van der Waals surface area (Å²) in [7, 11) is 0. The fourth-order valence-electron chi connectivity index (χ4n) is 2.41. The predicted molar refractivity (Wildman–Crippen MR) is 79.0 cm³/mol. The second kappa shape index (κ2) is 5.66. The fourth-order valence-corrected chi connectivity index (χ4v) is 2.41. The Morgan fingerprint density at radius 3 is 2.80 bits per heavy atom. The van der Waals surface area contributed by atoms with Crippen molar-refractivity contribution in [3.05, 3.63) is 59.2 Å². The SMILES string of the molecule is N#Cc1ccc(NCCc2ccc3c(c2)CCO3)cc1. The minimum atomic E-state index is 0.689. The highest BCUT2D eigenvalue weighted by Crippen LogP contribution is 2.26. The average Bonchev–Trinajstić information content (AvgIpc) is 2.95. The lowest BCUT2D eigenvalue weighted by molar-refractivity contribution is 0.357.